The number of aliphatic imine (C=N–C) groups is 1. The number of hydrogen-bond donors (Lipinski definition) is 1. The van der Waals surface area contributed by atoms with E-state index in [0.29, 0.717) is 30.2 Å². The Morgan fingerprint density at radius 1 is 1.10 bits per heavy atom. The van der Waals surface area contributed by atoms with Crippen LogP contribution < -0.4 is 19.9 Å². The molecule has 0 saturated carbocycles. The average molecular weight is 542 g/mol. The first-order valence-corrected chi connectivity index (χ1v) is 14.0. The molecule has 0 radical (unpaired) electrons. The molecule has 210 valence electrons. The lowest BCUT2D eigenvalue weighted by molar-refractivity contribution is -0.137. The number of amides is 2. The zero-order valence-electron chi connectivity index (χ0n) is 23.9. The molecule has 2 aromatic rings. The Hall–Kier alpha value is -3.96. The number of ether oxygens (including phenoxy) is 1. The first-order chi connectivity index (χ1) is 19.2. The summed E-state index contributed by atoms with van der Waals surface area (Å²) in [5.74, 6) is 0.247. The lowest BCUT2D eigenvalue weighted by Crippen LogP contribution is -2.47. The fourth-order valence-electron chi connectivity index (χ4n) is 5.47. The van der Waals surface area contributed by atoms with Crippen molar-refractivity contribution in [2.24, 2.45) is 15.8 Å². The molecule has 2 amide bonds. The van der Waals surface area contributed by atoms with Crippen molar-refractivity contribution in [3.05, 3.63) is 65.9 Å². The zero-order chi connectivity index (χ0) is 28.8. The number of carbonyl (C=O) groups excluding carboxylic acids is 2. The molecular formula is C32H39N5O3. The predicted molar refractivity (Wildman–Crippen MR) is 159 cm³/mol. The number of nitriles is 1. The summed E-state index contributed by atoms with van der Waals surface area (Å²) in [5, 5.41) is 12.6. The van der Waals surface area contributed by atoms with Crippen molar-refractivity contribution in [3.8, 4) is 11.8 Å². The number of benzene rings is 2. The van der Waals surface area contributed by atoms with Crippen molar-refractivity contribution < 1.29 is 14.3 Å². The number of fused-ring (bicyclic) bond motifs is 1. The highest BCUT2D eigenvalue weighted by molar-refractivity contribution is 6.20. The normalized spacial score (nSPS) is 19.8. The van der Waals surface area contributed by atoms with Gasteiger partial charge in [0.25, 0.3) is 0 Å². The van der Waals surface area contributed by atoms with Gasteiger partial charge < -0.3 is 19.9 Å². The predicted octanol–water partition coefficient (Wildman–Crippen LogP) is 5.23. The lowest BCUT2D eigenvalue weighted by Gasteiger charge is -2.30. The smallest absolute Gasteiger partial charge is 0.242 e. The van der Waals surface area contributed by atoms with E-state index in [4.69, 9.17) is 10.00 Å². The van der Waals surface area contributed by atoms with E-state index < -0.39 is 5.41 Å². The Morgan fingerprint density at radius 2 is 1.93 bits per heavy atom. The summed E-state index contributed by atoms with van der Waals surface area (Å²) >= 11 is 0. The summed E-state index contributed by atoms with van der Waals surface area (Å²) in [4.78, 5) is 33.9. The van der Waals surface area contributed by atoms with Crippen LogP contribution in [0.4, 0.5) is 11.4 Å². The van der Waals surface area contributed by atoms with E-state index >= 15 is 0 Å². The quantitative estimate of drug-likeness (QED) is 0.310. The minimum atomic E-state index is -1.13. The highest BCUT2D eigenvalue weighted by Crippen LogP contribution is 2.40. The van der Waals surface area contributed by atoms with Crippen molar-refractivity contribution in [2.75, 3.05) is 36.5 Å². The van der Waals surface area contributed by atoms with Crippen molar-refractivity contribution in [2.45, 2.75) is 53.0 Å². The largest absolute Gasteiger partial charge is 0.494 e. The molecule has 8 nitrogen and oxygen atoms in total. The summed E-state index contributed by atoms with van der Waals surface area (Å²) in [6.07, 6.45) is 9.72. The molecule has 2 aliphatic rings. The first kappa shape index (κ1) is 29.0. The van der Waals surface area contributed by atoms with Gasteiger partial charge in [-0.1, -0.05) is 18.2 Å². The Labute approximate surface area is 237 Å². The molecule has 0 fully saturated rings. The molecule has 8 heteroatoms. The van der Waals surface area contributed by atoms with Gasteiger partial charge in [0.2, 0.25) is 11.8 Å². The molecule has 0 aliphatic carbocycles. The molecule has 0 bridgehead atoms. The number of carbonyl (C=O) groups is 2. The highest BCUT2D eigenvalue weighted by Gasteiger charge is 2.45. The fraction of sp³-hybridized carbons (Fsp3) is 0.438. The molecule has 40 heavy (non-hydrogen) atoms. The molecule has 1 N–H and O–H groups in total. The molecular weight excluding hydrogens is 502 g/mol. The van der Waals surface area contributed by atoms with Crippen LogP contribution in [0, 0.1) is 22.2 Å². The molecule has 1 atom stereocenters. The van der Waals surface area contributed by atoms with Crippen LogP contribution >= 0.6 is 0 Å². The van der Waals surface area contributed by atoms with E-state index in [1.165, 1.54) is 0 Å². The van der Waals surface area contributed by atoms with E-state index in [9.17, 15) is 9.59 Å². The molecule has 0 saturated heterocycles. The number of hydrogen-bond acceptors (Lipinski definition) is 6. The van der Waals surface area contributed by atoms with Crippen LogP contribution in [0.2, 0.25) is 0 Å². The standard InChI is InChI=1S/C32H39N5O3/c1-5-37-27-12-11-26(20-28(27)36(4)29(38)31(2,3)30(37)39)40-18-8-14-32(13-7-16-35-23-32)15-17-34-22-25-10-6-9-24(19-25)21-33/h6-7,9-12,16,19-20,23,34H,5,8,13-15,17-18,22H2,1-4H3. The maximum Gasteiger partial charge on any atom is 0.242 e. The van der Waals surface area contributed by atoms with Crippen molar-refractivity contribution in [1.82, 2.24) is 5.32 Å². The van der Waals surface area contributed by atoms with Gasteiger partial charge in [-0.2, -0.15) is 5.26 Å². The maximum atomic E-state index is 13.1. The van der Waals surface area contributed by atoms with Gasteiger partial charge >= 0.3 is 0 Å². The van der Waals surface area contributed by atoms with Crippen LogP contribution in [0.1, 0.15) is 57.6 Å². The van der Waals surface area contributed by atoms with E-state index in [1.807, 2.05) is 55.6 Å². The molecule has 4 rings (SSSR count). The van der Waals surface area contributed by atoms with Gasteiger partial charge in [-0.05, 0) is 82.8 Å². The maximum absolute atomic E-state index is 13.1. The molecule has 2 aliphatic heterocycles. The second-order valence-corrected chi connectivity index (χ2v) is 11.1. The topological polar surface area (TPSA) is 98.0 Å². The van der Waals surface area contributed by atoms with Crippen LogP contribution in [0.5, 0.6) is 5.75 Å². The summed E-state index contributed by atoms with van der Waals surface area (Å²) in [6.45, 7) is 7.85. The molecule has 2 aromatic carbocycles. The SMILES string of the molecule is CCN1C(=O)C(C)(C)C(=O)N(C)c2cc(OCCCC3(CCNCc4cccc(C#N)c4)C=NC=CC3)ccc21. The Morgan fingerprint density at radius 3 is 2.65 bits per heavy atom. The lowest BCUT2D eigenvalue weighted by atomic mass is 9.77. The molecule has 1 unspecified atom stereocenters. The summed E-state index contributed by atoms with van der Waals surface area (Å²) in [7, 11) is 1.72. The Bertz CT molecular complexity index is 1340. The average Bonchev–Trinajstić information content (AvgIpc) is 3.02. The van der Waals surface area contributed by atoms with E-state index in [1.54, 1.807) is 30.7 Å². The second kappa shape index (κ2) is 12.5. The minimum Gasteiger partial charge on any atom is -0.494 e. The van der Waals surface area contributed by atoms with Crippen LogP contribution in [0.15, 0.2) is 59.7 Å². The van der Waals surface area contributed by atoms with Gasteiger partial charge in [-0.3, -0.25) is 14.6 Å². The van der Waals surface area contributed by atoms with Crippen LogP contribution in [-0.4, -0.2) is 44.8 Å². The highest BCUT2D eigenvalue weighted by atomic mass is 16.5. The van der Waals surface area contributed by atoms with Crippen molar-refractivity contribution >= 4 is 29.4 Å². The van der Waals surface area contributed by atoms with E-state index in [0.717, 1.165) is 50.0 Å². The van der Waals surface area contributed by atoms with Gasteiger partial charge in [0, 0.05) is 44.0 Å². The van der Waals surface area contributed by atoms with Crippen LogP contribution in [0.25, 0.3) is 0 Å². The second-order valence-electron chi connectivity index (χ2n) is 11.1. The fourth-order valence-corrected chi connectivity index (χ4v) is 5.47. The third-order valence-electron chi connectivity index (χ3n) is 7.87. The van der Waals surface area contributed by atoms with Crippen molar-refractivity contribution in [1.29, 1.82) is 5.26 Å². The number of anilines is 2. The van der Waals surface area contributed by atoms with Gasteiger partial charge in [0.1, 0.15) is 11.2 Å². The number of rotatable bonds is 11. The van der Waals surface area contributed by atoms with Crippen LogP contribution in [-0.2, 0) is 16.1 Å². The zero-order valence-corrected chi connectivity index (χ0v) is 23.9. The molecule has 2 heterocycles. The number of nitrogens with zero attached hydrogens (tertiary/aromatic N) is 4. The number of allylic oxidation sites excluding steroid dienone is 1. The van der Waals surface area contributed by atoms with E-state index in [2.05, 4.69) is 28.7 Å². The van der Waals surface area contributed by atoms with E-state index in [-0.39, 0.29) is 17.2 Å². The molecule has 0 aromatic heterocycles. The summed E-state index contributed by atoms with van der Waals surface area (Å²) in [5.41, 5.74) is 2.00. The molecule has 0 spiro atoms. The number of nitrogens with one attached hydrogen (secondary N) is 1. The van der Waals surface area contributed by atoms with Crippen molar-refractivity contribution in [3.63, 3.8) is 0 Å². The minimum absolute atomic E-state index is 0.0341. The summed E-state index contributed by atoms with van der Waals surface area (Å²) in [6, 6.07) is 15.5. The monoisotopic (exact) mass is 541 g/mol. The summed E-state index contributed by atoms with van der Waals surface area (Å²) < 4.78 is 6.14. The third-order valence-corrected chi connectivity index (χ3v) is 7.87. The Kier molecular flexibility index (Phi) is 9.06. The van der Waals surface area contributed by atoms with Gasteiger partial charge in [-0.15, -0.1) is 0 Å². The first-order valence-electron chi connectivity index (χ1n) is 14.0. The Balaban J connectivity index is 1.34. The van der Waals surface area contributed by atoms with Gasteiger partial charge in [0.15, 0.2) is 0 Å². The van der Waals surface area contributed by atoms with Crippen LogP contribution in [0.3, 0.4) is 0 Å². The van der Waals surface area contributed by atoms with Gasteiger partial charge in [0.05, 0.1) is 29.6 Å². The van der Waals surface area contributed by atoms with Gasteiger partial charge in [-0.25, -0.2) is 0 Å². The third kappa shape index (κ3) is 6.26.